The van der Waals surface area contributed by atoms with Gasteiger partial charge in [-0.1, -0.05) is 17.7 Å². The minimum Gasteiger partial charge on any atom is -0.469 e. The molecule has 6 nitrogen and oxygen atoms in total. The second kappa shape index (κ2) is 6.54. The molecule has 0 unspecified atom stereocenters. The van der Waals surface area contributed by atoms with Gasteiger partial charge >= 0.3 is 12.0 Å². The zero-order valence-electron chi connectivity index (χ0n) is 12.7. The van der Waals surface area contributed by atoms with Gasteiger partial charge < -0.3 is 10.1 Å². The molecule has 3 amide bonds. The Morgan fingerprint density at radius 3 is 2.74 bits per heavy atom. The first-order valence-electron chi connectivity index (χ1n) is 6.96. The van der Waals surface area contributed by atoms with E-state index < -0.39 is 29.3 Å². The van der Waals surface area contributed by atoms with Crippen LogP contribution in [-0.4, -0.2) is 36.5 Å². The van der Waals surface area contributed by atoms with Crippen molar-refractivity contribution in [3.8, 4) is 0 Å². The van der Waals surface area contributed by atoms with Gasteiger partial charge in [0.2, 0.25) is 0 Å². The van der Waals surface area contributed by atoms with Crippen LogP contribution in [0, 0.1) is 5.82 Å². The molecule has 1 N–H and O–H groups in total. The van der Waals surface area contributed by atoms with Gasteiger partial charge in [0.25, 0.3) is 5.91 Å². The standard InChI is InChI=1S/C15H16ClFN2O4/c1-15(9-5-6-11(17)10(16)8-9)13(21)19(14(22)18-15)7-3-4-12(20)23-2/h5-6,8H,3-4,7H2,1-2H3,(H,18,22)/t15-/m0/s1. The number of ether oxygens (including phenoxy) is 1. The van der Waals surface area contributed by atoms with Crippen LogP contribution in [0.2, 0.25) is 5.02 Å². The maximum absolute atomic E-state index is 13.3. The van der Waals surface area contributed by atoms with Crippen LogP contribution >= 0.6 is 11.6 Å². The van der Waals surface area contributed by atoms with Crippen LogP contribution in [0.15, 0.2) is 18.2 Å². The molecule has 8 heteroatoms. The molecule has 1 aliphatic heterocycles. The van der Waals surface area contributed by atoms with Crippen LogP contribution in [0.5, 0.6) is 0 Å². The van der Waals surface area contributed by atoms with Crippen LogP contribution in [0.1, 0.15) is 25.3 Å². The lowest BCUT2D eigenvalue weighted by molar-refractivity contribution is -0.141. The lowest BCUT2D eigenvalue weighted by Crippen LogP contribution is -2.41. The molecule has 0 saturated carbocycles. The fourth-order valence-electron chi connectivity index (χ4n) is 2.39. The summed E-state index contributed by atoms with van der Waals surface area (Å²) in [6.07, 6.45) is 0.402. The normalized spacial score (nSPS) is 20.6. The minimum absolute atomic E-state index is 0.0876. The lowest BCUT2D eigenvalue weighted by atomic mass is 9.92. The predicted molar refractivity (Wildman–Crippen MR) is 80.3 cm³/mol. The number of esters is 1. The van der Waals surface area contributed by atoms with Crippen molar-refractivity contribution in [3.63, 3.8) is 0 Å². The second-order valence-corrected chi connectivity index (χ2v) is 5.73. The first kappa shape index (κ1) is 17.2. The first-order chi connectivity index (χ1) is 10.8. The van der Waals surface area contributed by atoms with E-state index in [1.807, 2.05) is 0 Å². The molecule has 124 valence electrons. The number of urea groups is 1. The number of benzene rings is 1. The van der Waals surface area contributed by atoms with Gasteiger partial charge in [-0.25, -0.2) is 9.18 Å². The molecule has 2 rings (SSSR count). The van der Waals surface area contributed by atoms with E-state index in [4.69, 9.17) is 11.6 Å². The summed E-state index contributed by atoms with van der Waals surface area (Å²) >= 11 is 5.75. The molecule has 1 heterocycles. The van der Waals surface area contributed by atoms with E-state index in [2.05, 4.69) is 10.1 Å². The quantitative estimate of drug-likeness (QED) is 0.657. The van der Waals surface area contributed by atoms with Crippen LogP contribution in [0.25, 0.3) is 0 Å². The van der Waals surface area contributed by atoms with Crippen LogP contribution < -0.4 is 5.32 Å². The van der Waals surface area contributed by atoms with E-state index in [9.17, 15) is 18.8 Å². The van der Waals surface area contributed by atoms with Gasteiger partial charge in [-0.3, -0.25) is 14.5 Å². The van der Waals surface area contributed by atoms with Gasteiger partial charge in [0, 0.05) is 13.0 Å². The lowest BCUT2D eigenvalue weighted by Gasteiger charge is -2.22. The third-order valence-electron chi connectivity index (χ3n) is 3.76. The molecule has 0 bridgehead atoms. The molecule has 1 fully saturated rings. The highest BCUT2D eigenvalue weighted by Gasteiger charge is 2.48. The number of amides is 3. The van der Waals surface area contributed by atoms with E-state index in [1.54, 1.807) is 0 Å². The monoisotopic (exact) mass is 342 g/mol. The third-order valence-corrected chi connectivity index (χ3v) is 4.05. The van der Waals surface area contributed by atoms with Gasteiger partial charge in [0.1, 0.15) is 11.4 Å². The number of nitrogens with zero attached hydrogens (tertiary/aromatic N) is 1. The highest BCUT2D eigenvalue weighted by atomic mass is 35.5. The van der Waals surface area contributed by atoms with Gasteiger partial charge in [0.15, 0.2) is 0 Å². The maximum Gasteiger partial charge on any atom is 0.325 e. The van der Waals surface area contributed by atoms with E-state index in [-0.39, 0.29) is 18.0 Å². The number of methoxy groups -OCH3 is 1. The van der Waals surface area contributed by atoms with E-state index in [0.29, 0.717) is 12.0 Å². The van der Waals surface area contributed by atoms with Crippen molar-refractivity contribution in [2.45, 2.75) is 25.3 Å². The number of hydrogen-bond donors (Lipinski definition) is 1. The summed E-state index contributed by atoms with van der Waals surface area (Å²) in [5.41, 5.74) is -0.933. The summed E-state index contributed by atoms with van der Waals surface area (Å²) in [7, 11) is 1.27. The van der Waals surface area contributed by atoms with Crippen molar-refractivity contribution in [2.24, 2.45) is 0 Å². The topological polar surface area (TPSA) is 75.7 Å². The first-order valence-corrected chi connectivity index (χ1v) is 7.34. The average Bonchev–Trinajstić information content (AvgIpc) is 2.73. The van der Waals surface area contributed by atoms with E-state index in [1.165, 1.54) is 26.2 Å². The highest BCUT2D eigenvalue weighted by molar-refractivity contribution is 6.30. The molecule has 1 saturated heterocycles. The molecular formula is C15H16ClFN2O4. The average molecular weight is 343 g/mol. The summed E-state index contributed by atoms with van der Waals surface area (Å²) in [4.78, 5) is 36.7. The SMILES string of the molecule is COC(=O)CCCN1C(=O)N[C@@](C)(c2ccc(F)c(Cl)c2)C1=O. The predicted octanol–water partition coefficient (Wildman–Crippen LogP) is 2.20. The summed E-state index contributed by atoms with van der Waals surface area (Å²) < 4.78 is 17.8. The summed E-state index contributed by atoms with van der Waals surface area (Å²) in [6.45, 7) is 1.61. The van der Waals surface area contributed by atoms with Crippen molar-refractivity contribution in [1.29, 1.82) is 0 Å². The molecule has 1 atom stereocenters. The molecule has 0 spiro atoms. The Labute approximate surface area is 137 Å². The second-order valence-electron chi connectivity index (χ2n) is 5.32. The summed E-state index contributed by atoms with van der Waals surface area (Å²) in [5.74, 6) is -1.49. The smallest absolute Gasteiger partial charge is 0.325 e. The maximum atomic E-state index is 13.3. The molecule has 23 heavy (non-hydrogen) atoms. The Kier molecular flexibility index (Phi) is 4.89. The van der Waals surface area contributed by atoms with Crippen molar-refractivity contribution in [3.05, 3.63) is 34.6 Å². The van der Waals surface area contributed by atoms with Crippen molar-refractivity contribution in [1.82, 2.24) is 10.2 Å². The minimum atomic E-state index is -1.32. The van der Waals surface area contributed by atoms with Crippen LogP contribution in [0.3, 0.4) is 0 Å². The fraction of sp³-hybridized carbons (Fsp3) is 0.400. The van der Waals surface area contributed by atoms with Gasteiger partial charge in [-0.2, -0.15) is 0 Å². The number of carbonyl (C=O) groups is 3. The van der Waals surface area contributed by atoms with Crippen molar-refractivity contribution in [2.75, 3.05) is 13.7 Å². The van der Waals surface area contributed by atoms with Gasteiger partial charge in [0.05, 0.1) is 12.1 Å². The molecule has 1 aromatic carbocycles. The molecule has 0 radical (unpaired) electrons. The molecule has 0 aliphatic carbocycles. The zero-order chi connectivity index (χ0) is 17.2. The van der Waals surface area contributed by atoms with E-state index in [0.717, 1.165) is 11.0 Å². The van der Waals surface area contributed by atoms with Gasteiger partial charge in [-0.15, -0.1) is 0 Å². The number of rotatable bonds is 5. The van der Waals surface area contributed by atoms with Crippen LogP contribution in [-0.2, 0) is 19.9 Å². The Balaban J connectivity index is 2.15. The summed E-state index contributed by atoms with van der Waals surface area (Å²) in [6, 6.07) is 3.29. The molecule has 1 aliphatic rings. The van der Waals surface area contributed by atoms with Crippen LogP contribution in [0.4, 0.5) is 9.18 Å². The third kappa shape index (κ3) is 3.29. The van der Waals surface area contributed by atoms with Gasteiger partial charge in [-0.05, 0) is 31.0 Å². The Hall–Kier alpha value is -2.15. The fourth-order valence-corrected chi connectivity index (χ4v) is 2.57. The number of nitrogens with one attached hydrogen (secondary N) is 1. The molecular weight excluding hydrogens is 327 g/mol. The number of imide groups is 1. The highest BCUT2D eigenvalue weighted by Crippen LogP contribution is 2.31. The Morgan fingerprint density at radius 2 is 2.13 bits per heavy atom. The number of hydrogen-bond acceptors (Lipinski definition) is 4. The van der Waals surface area contributed by atoms with Crippen molar-refractivity contribution >= 4 is 29.5 Å². The van der Waals surface area contributed by atoms with E-state index >= 15 is 0 Å². The molecule has 0 aromatic heterocycles. The number of carbonyl (C=O) groups excluding carboxylic acids is 3. The Morgan fingerprint density at radius 1 is 1.43 bits per heavy atom. The molecule has 1 aromatic rings. The van der Waals surface area contributed by atoms with Crippen molar-refractivity contribution < 1.29 is 23.5 Å². The number of halogens is 2. The Bertz CT molecular complexity index is 667. The largest absolute Gasteiger partial charge is 0.469 e. The summed E-state index contributed by atoms with van der Waals surface area (Å²) in [5, 5.41) is 2.46. The zero-order valence-corrected chi connectivity index (χ0v) is 13.4.